The second-order valence-corrected chi connectivity index (χ2v) is 3.65. The maximum absolute atomic E-state index is 10.5. The van der Waals surface area contributed by atoms with Crippen molar-refractivity contribution >= 4 is 28.3 Å². The van der Waals surface area contributed by atoms with Crippen molar-refractivity contribution in [1.29, 1.82) is 5.26 Å². The van der Waals surface area contributed by atoms with Crippen LogP contribution in [0.1, 0.15) is 18.4 Å². The van der Waals surface area contributed by atoms with Crippen LogP contribution in [0.3, 0.4) is 0 Å². The summed E-state index contributed by atoms with van der Waals surface area (Å²) in [6.07, 6.45) is 0.946. The standard InChI is InChI=1S/C8H11N5OS/c9-4-5-7(11)13-15-8(5)12-3-1-2-6(10)14/h12H,1-3H2,(H2,10,14)(H2,11,13). The molecule has 7 heteroatoms. The first kappa shape index (κ1) is 11.3. The Morgan fingerprint density at radius 2 is 2.40 bits per heavy atom. The molecule has 1 amide bonds. The fraction of sp³-hybridized carbons (Fsp3) is 0.375. The molecule has 0 radical (unpaired) electrons. The molecule has 6 nitrogen and oxygen atoms in total. The topological polar surface area (TPSA) is 118 Å². The minimum absolute atomic E-state index is 0.236. The van der Waals surface area contributed by atoms with Crippen molar-refractivity contribution in [1.82, 2.24) is 4.37 Å². The Kier molecular flexibility index (Phi) is 3.88. The van der Waals surface area contributed by atoms with Crippen LogP contribution in [0.4, 0.5) is 10.8 Å². The summed E-state index contributed by atoms with van der Waals surface area (Å²) < 4.78 is 3.84. The van der Waals surface area contributed by atoms with Gasteiger partial charge in [0.05, 0.1) is 0 Å². The minimum Gasteiger partial charge on any atom is -0.382 e. The summed E-state index contributed by atoms with van der Waals surface area (Å²) in [4.78, 5) is 10.5. The third kappa shape index (κ3) is 3.11. The molecular weight excluding hydrogens is 214 g/mol. The normalized spacial score (nSPS) is 9.53. The van der Waals surface area contributed by atoms with Crippen molar-refractivity contribution < 1.29 is 4.79 Å². The lowest BCUT2D eigenvalue weighted by Crippen LogP contribution is -2.12. The summed E-state index contributed by atoms with van der Waals surface area (Å²) in [6, 6.07) is 1.96. The second-order valence-electron chi connectivity index (χ2n) is 2.88. The van der Waals surface area contributed by atoms with Gasteiger partial charge in [0.15, 0.2) is 5.82 Å². The molecule has 5 N–H and O–H groups in total. The minimum atomic E-state index is -0.332. The van der Waals surface area contributed by atoms with Gasteiger partial charge >= 0.3 is 0 Å². The van der Waals surface area contributed by atoms with Gasteiger partial charge in [0.25, 0.3) is 0 Å². The Labute approximate surface area is 91.0 Å². The monoisotopic (exact) mass is 225 g/mol. The van der Waals surface area contributed by atoms with Crippen molar-refractivity contribution in [2.24, 2.45) is 5.73 Å². The van der Waals surface area contributed by atoms with Crippen LogP contribution in [0.5, 0.6) is 0 Å². The number of nitrogens with zero attached hydrogens (tertiary/aromatic N) is 2. The van der Waals surface area contributed by atoms with Crippen LogP contribution >= 0.6 is 11.5 Å². The molecule has 0 aromatic carbocycles. The number of hydrogen-bond donors (Lipinski definition) is 3. The third-order valence-electron chi connectivity index (χ3n) is 1.72. The highest BCUT2D eigenvalue weighted by atomic mass is 32.1. The lowest BCUT2D eigenvalue weighted by atomic mass is 10.3. The first-order chi connectivity index (χ1) is 7.15. The Morgan fingerprint density at radius 3 is 3.00 bits per heavy atom. The van der Waals surface area contributed by atoms with Gasteiger partial charge in [-0.25, -0.2) is 0 Å². The third-order valence-corrected chi connectivity index (χ3v) is 2.53. The van der Waals surface area contributed by atoms with E-state index >= 15 is 0 Å². The fourth-order valence-electron chi connectivity index (χ4n) is 0.996. The van der Waals surface area contributed by atoms with Gasteiger partial charge in [-0.05, 0) is 18.0 Å². The molecule has 0 atom stereocenters. The van der Waals surface area contributed by atoms with Gasteiger partial charge in [-0.1, -0.05) is 0 Å². The number of carbonyl (C=O) groups is 1. The van der Waals surface area contributed by atoms with Crippen LogP contribution in [-0.2, 0) is 4.79 Å². The zero-order valence-corrected chi connectivity index (χ0v) is 8.80. The number of nitrogens with one attached hydrogen (secondary N) is 1. The van der Waals surface area contributed by atoms with Gasteiger partial charge in [0, 0.05) is 13.0 Å². The number of rotatable bonds is 5. The summed E-state index contributed by atoms with van der Waals surface area (Å²) in [7, 11) is 0. The van der Waals surface area contributed by atoms with Gasteiger partial charge in [-0.3, -0.25) is 4.79 Å². The van der Waals surface area contributed by atoms with E-state index in [9.17, 15) is 4.79 Å². The molecule has 1 aromatic rings. The van der Waals surface area contributed by atoms with Gasteiger partial charge in [0.2, 0.25) is 5.91 Å². The van der Waals surface area contributed by atoms with Crippen molar-refractivity contribution in [2.75, 3.05) is 17.6 Å². The molecule has 0 fully saturated rings. The van der Waals surface area contributed by atoms with Crippen LogP contribution in [0.15, 0.2) is 0 Å². The highest BCUT2D eigenvalue weighted by molar-refractivity contribution is 7.10. The van der Waals surface area contributed by atoms with Crippen molar-refractivity contribution in [3.05, 3.63) is 5.56 Å². The molecule has 0 saturated carbocycles. The summed E-state index contributed by atoms with van der Waals surface area (Å²) in [5, 5.41) is 12.4. The Balaban J connectivity index is 2.45. The lowest BCUT2D eigenvalue weighted by molar-refractivity contribution is -0.118. The van der Waals surface area contributed by atoms with E-state index in [1.807, 2.05) is 6.07 Å². The molecule has 0 saturated heterocycles. The van der Waals surface area contributed by atoms with Crippen molar-refractivity contribution in [2.45, 2.75) is 12.8 Å². The zero-order chi connectivity index (χ0) is 11.3. The molecule has 0 aliphatic heterocycles. The first-order valence-electron chi connectivity index (χ1n) is 4.32. The number of nitrogens with two attached hydrogens (primary N) is 2. The molecule has 0 unspecified atom stereocenters. The van der Waals surface area contributed by atoms with Crippen molar-refractivity contribution in [3.63, 3.8) is 0 Å². The van der Waals surface area contributed by atoms with E-state index in [0.29, 0.717) is 30.0 Å². The van der Waals surface area contributed by atoms with Crippen LogP contribution in [0.25, 0.3) is 0 Å². The van der Waals surface area contributed by atoms with Gasteiger partial charge in [-0.2, -0.15) is 9.64 Å². The van der Waals surface area contributed by atoms with E-state index in [4.69, 9.17) is 16.7 Å². The van der Waals surface area contributed by atoms with Gasteiger partial charge in [-0.15, -0.1) is 0 Å². The maximum Gasteiger partial charge on any atom is 0.217 e. The quantitative estimate of drug-likeness (QED) is 0.622. The summed E-state index contributed by atoms with van der Waals surface area (Å²) >= 11 is 1.13. The summed E-state index contributed by atoms with van der Waals surface area (Å²) in [5.74, 6) is -0.0963. The molecule has 80 valence electrons. The van der Waals surface area contributed by atoms with Gasteiger partial charge < -0.3 is 16.8 Å². The predicted octanol–water partition coefficient (Wildman–Crippen LogP) is 0.274. The largest absolute Gasteiger partial charge is 0.382 e. The average molecular weight is 225 g/mol. The molecule has 0 aliphatic rings. The van der Waals surface area contributed by atoms with E-state index in [1.165, 1.54) is 0 Å². The number of primary amides is 1. The number of carbonyl (C=O) groups excluding carboxylic acids is 1. The molecule has 15 heavy (non-hydrogen) atoms. The number of anilines is 2. The highest BCUT2D eigenvalue weighted by Crippen LogP contribution is 2.25. The fourth-order valence-corrected chi connectivity index (χ4v) is 1.68. The maximum atomic E-state index is 10.5. The lowest BCUT2D eigenvalue weighted by Gasteiger charge is -2.01. The SMILES string of the molecule is N#Cc1c(N)nsc1NCCCC(N)=O. The van der Waals surface area contributed by atoms with Crippen LogP contribution in [0, 0.1) is 11.3 Å². The second kappa shape index (κ2) is 5.17. The molecule has 0 aliphatic carbocycles. The number of nitrogen functional groups attached to an aromatic ring is 1. The Bertz CT molecular complexity index is 394. The van der Waals surface area contributed by atoms with E-state index in [-0.39, 0.29) is 11.7 Å². The summed E-state index contributed by atoms with van der Waals surface area (Å²) in [6.45, 7) is 0.569. The number of hydrogen-bond acceptors (Lipinski definition) is 6. The smallest absolute Gasteiger partial charge is 0.217 e. The molecular formula is C8H11N5OS. The van der Waals surface area contributed by atoms with Crippen LogP contribution < -0.4 is 16.8 Å². The molecule has 1 rings (SSSR count). The predicted molar refractivity (Wildman–Crippen MR) is 58.2 cm³/mol. The number of amides is 1. The van der Waals surface area contributed by atoms with E-state index in [1.54, 1.807) is 0 Å². The van der Waals surface area contributed by atoms with Crippen LogP contribution in [0.2, 0.25) is 0 Å². The highest BCUT2D eigenvalue weighted by Gasteiger charge is 2.09. The molecule has 1 aromatic heterocycles. The van der Waals surface area contributed by atoms with Crippen molar-refractivity contribution in [3.8, 4) is 6.07 Å². The zero-order valence-electron chi connectivity index (χ0n) is 7.99. The Hall–Kier alpha value is -1.81. The first-order valence-corrected chi connectivity index (χ1v) is 5.10. The summed E-state index contributed by atoms with van der Waals surface area (Å²) in [5.41, 5.74) is 10.8. The number of nitriles is 1. The molecule has 0 bridgehead atoms. The van der Waals surface area contributed by atoms with E-state index in [2.05, 4.69) is 9.69 Å². The Morgan fingerprint density at radius 1 is 1.67 bits per heavy atom. The van der Waals surface area contributed by atoms with Crippen LogP contribution in [-0.4, -0.2) is 16.8 Å². The van der Waals surface area contributed by atoms with Gasteiger partial charge in [0.1, 0.15) is 16.6 Å². The average Bonchev–Trinajstić information content (AvgIpc) is 2.53. The van der Waals surface area contributed by atoms with E-state index in [0.717, 1.165) is 11.5 Å². The number of aromatic nitrogens is 1. The molecule has 1 heterocycles. The van der Waals surface area contributed by atoms with E-state index < -0.39 is 0 Å². The molecule has 0 spiro atoms.